The summed E-state index contributed by atoms with van der Waals surface area (Å²) in [6.07, 6.45) is 0. The first-order valence-corrected chi connectivity index (χ1v) is 11.2. The van der Waals surface area contributed by atoms with Gasteiger partial charge >= 0.3 is 0 Å². The largest absolute Gasteiger partial charge is 0.354 e. The van der Waals surface area contributed by atoms with Crippen molar-refractivity contribution >= 4 is 60.1 Å². The zero-order valence-electron chi connectivity index (χ0n) is 18.9. The van der Waals surface area contributed by atoms with Crippen LogP contribution in [0.5, 0.6) is 0 Å². The Kier molecular flexibility index (Phi) is 4.27. The van der Waals surface area contributed by atoms with Gasteiger partial charge in [-0.05, 0) is 43.0 Å². The summed E-state index contributed by atoms with van der Waals surface area (Å²) in [7, 11) is 0. The van der Waals surface area contributed by atoms with Gasteiger partial charge in [-0.25, -0.2) is 0 Å². The van der Waals surface area contributed by atoms with Crippen LogP contribution < -0.4 is 0 Å². The van der Waals surface area contributed by atoms with Gasteiger partial charge < -0.3 is 9.55 Å². The molecule has 4 aromatic carbocycles. The number of aliphatic imine (C=N–C) groups is 1. The summed E-state index contributed by atoms with van der Waals surface area (Å²) in [4.78, 5) is 8.34. The molecule has 0 bridgehead atoms. The fraction of sp³-hybridized carbons (Fsp3) is 0.100. The van der Waals surface area contributed by atoms with E-state index in [0.717, 1.165) is 28.0 Å². The minimum absolute atomic E-state index is 0.615. The molecule has 1 N–H and O–H groups in total. The third-order valence-electron chi connectivity index (χ3n) is 6.66. The molecule has 0 atom stereocenters. The summed E-state index contributed by atoms with van der Waals surface area (Å²) in [5, 5.41) is 7.48. The van der Waals surface area contributed by atoms with Crippen LogP contribution in [0, 0.1) is 0 Å². The van der Waals surface area contributed by atoms with E-state index in [9.17, 15) is 0 Å². The Bertz CT molecular complexity index is 1790. The first-order valence-electron chi connectivity index (χ1n) is 11.2. The standard InChI is InChI=1S/C30H25N3/c1-18(2)20(4)31-19(3)17-33-29-16-28-25(23-11-7-8-12-27(23)32-28)15-26(29)24-14-13-21-9-5-6-10-22(21)30(24)33/h5-16,32H,1,3,17H2,2,4H3. The Morgan fingerprint density at radius 1 is 0.788 bits per heavy atom. The SMILES string of the molecule is C=C(Cn1c2cc3[nH]c4ccccc4c3cc2c2ccc3ccccc3c21)N=C(C)C(=C)C. The van der Waals surface area contributed by atoms with Gasteiger partial charge in [0.15, 0.2) is 0 Å². The number of benzene rings is 4. The molecule has 0 unspecified atom stereocenters. The van der Waals surface area contributed by atoms with Crippen molar-refractivity contribution in [2.24, 2.45) is 4.99 Å². The predicted molar refractivity (Wildman–Crippen MR) is 143 cm³/mol. The van der Waals surface area contributed by atoms with Gasteiger partial charge in [0.2, 0.25) is 0 Å². The molecule has 0 aliphatic heterocycles. The molecule has 2 heterocycles. The zero-order valence-corrected chi connectivity index (χ0v) is 18.9. The van der Waals surface area contributed by atoms with Gasteiger partial charge in [-0.15, -0.1) is 0 Å². The molecule has 3 nitrogen and oxygen atoms in total. The van der Waals surface area contributed by atoms with E-state index in [0.29, 0.717) is 6.54 Å². The number of hydrogen-bond donors (Lipinski definition) is 1. The molecular weight excluding hydrogens is 402 g/mol. The van der Waals surface area contributed by atoms with Gasteiger partial charge in [0, 0.05) is 43.7 Å². The van der Waals surface area contributed by atoms with E-state index in [2.05, 4.69) is 95.5 Å². The molecule has 0 aliphatic rings. The van der Waals surface area contributed by atoms with Gasteiger partial charge in [-0.2, -0.15) is 0 Å². The highest BCUT2D eigenvalue weighted by Crippen LogP contribution is 2.38. The summed E-state index contributed by atoms with van der Waals surface area (Å²) in [6.45, 7) is 12.9. The number of nitrogens with zero attached hydrogens (tertiary/aromatic N) is 2. The molecule has 2 aromatic heterocycles. The first kappa shape index (κ1) is 19.6. The van der Waals surface area contributed by atoms with Gasteiger partial charge in [-0.1, -0.05) is 67.8 Å². The predicted octanol–water partition coefficient (Wildman–Crippen LogP) is 8.13. The fourth-order valence-corrected chi connectivity index (χ4v) is 4.92. The van der Waals surface area contributed by atoms with Crippen molar-refractivity contribution in [3.63, 3.8) is 0 Å². The minimum atomic E-state index is 0.615. The van der Waals surface area contributed by atoms with Crippen LogP contribution in [0.2, 0.25) is 0 Å². The van der Waals surface area contributed by atoms with Gasteiger partial charge in [0.05, 0.1) is 23.3 Å². The number of allylic oxidation sites excluding steroid dienone is 2. The molecular formula is C30H25N3. The van der Waals surface area contributed by atoms with E-state index < -0.39 is 0 Å². The summed E-state index contributed by atoms with van der Waals surface area (Å²) >= 11 is 0. The number of H-pyrrole nitrogens is 1. The Hall–Kier alpha value is -4.11. The fourth-order valence-electron chi connectivity index (χ4n) is 4.92. The summed E-state index contributed by atoms with van der Waals surface area (Å²) in [5.41, 5.74) is 7.41. The highest BCUT2D eigenvalue weighted by Gasteiger charge is 2.16. The lowest BCUT2D eigenvalue weighted by Crippen LogP contribution is -2.02. The lowest BCUT2D eigenvalue weighted by molar-refractivity contribution is 0.845. The summed E-state index contributed by atoms with van der Waals surface area (Å²) < 4.78 is 2.37. The molecule has 0 amide bonds. The molecule has 0 spiro atoms. The quantitative estimate of drug-likeness (QED) is 0.276. The molecule has 160 valence electrons. The van der Waals surface area contributed by atoms with Crippen LogP contribution in [0.3, 0.4) is 0 Å². The smallest absolute Gasteiger partial charge is 0.0648 e. The van der Waals surface area contributed by atoms with Gasteiger partial charge in [0.1, 0.15) is 0 Å². The van der Waals surface area contributed by atoms with Gasteiger partial charge in [0.25, 0.3) is 0 Å². The van der Waals surface area contributed by atoms with E-state index in [1.165, 1.54) is 43.4 Å². The van der Waals surface area contributed by atoms with E-state index in [1.54, 1.807) is 0 Å². The molecule has 33 heavy (non-hydrogen) atoms. The van der Waals surface area contributed by atoms with Crippen molar-refractivity contribution in [3.05, 3.63) is 97.2 Å². The van der Waals surface area contributed by atoms with Crippen LogP contribution in [-0.2, 0) is 6.54 Å². The Labute approximate surface area is 192 Å². The van der Waals surface area contributed by atoms with E-state index >= 15 is 0 Å². The van der Waals surface area contributed by atoms with E-state index in [1.807, 2.05) is 13.8 Å². The zero-order chi connectivity index (χ0) is 22.7. The van der Waals surface area contributed by atoms with Gasteiger partial charge in [-0.3, -0.25) is 4.99 Å². The number of rotatable bonds is 4. The first-order chi connectivity index (χ1) is 16.0. The number of nitrogens with one attached hydrogen (secondary N) is 1. The molecule has 6 rings (SSSR count). The number of aromatic nitrogens is 2. The maximum absolute atomic E-state index is 4.74. The Morgan fingerprint density at radius 3 is 2.36 bits per heavy atom. The molecule has 6 aromatic rings. The highest BCUT2D eigenvalue weighted by molar-refractivity contribution is 6.22. The Morgan fingerprint density at radius 2 is 1.55 bits per heavy atom. The van der Waals surface area contributed by atoms with Crippen LogP contribution >= 0.6 is 0 Å². The molecule has 0 aliphatic carbocycles. The number of aromatic amines is 1. The normalized spacial score (nSPS) is 12.5. The third kappa shape index (κ3) is 3.00. The van der Waals surface area contributed by atoms with Crippen molar-refractivity contribution < 1.29 is 0 Å². The lowest BCUT2D eigenvalue weighted by atomic mass is 10.0. The van der Waals surface area contributed by atoms with Crippen LogP contribution in [0.1, 0.15) is 13.8 Å². The third-order valence-corrected chi connectivity index (χ3v) is 6.66. The van der Waals surface area contributed by atoms with Crippen LogP contribution in [0.25, 0.3) is 54.4 Å². The van der Waals surface area contributed by atoms with E-state index in [-0.39, 0.29) is 0 Å². The monoisotopic (exact) mass is 427 g/mol. The molecule has 0 saturated carbocycles. The summed E-state index contributed by atoms with van der Waals surface area (Å²) in [5.74, 6) is 0. The van der Waals surface area contributed by atoms with Crippen molar-refractivity contribution in [3.8, 4) is 0 Å². The second kappa shape index (κ2) is 7.21. The maximum atomic E-state index is 4.74. The number of fused-ring (bicyclic) bond motifs is 8. The topological polar surface area (TPSA) is 33.1 Å². The van der Waals surface area contributed by atoms with Crippen molar-refractivity contribution in [1.29, 1.82) is 0 Å². The van der Waals surface area contributed by atoms with Crippen molar-refractivity contribution in [1.82, 2.24) is 9.55 Å². The number of hydrogen-bond acceptors (Lipinski definition) is 1. The molecule has 0 radical (unpaired) electrons. The molecule has 0 fully saturated rings. The van der Waals surface area contributed by atoms with Crippen LogP contribution in [0.15, 0.2) is 102 Å². The number of para-hydroxylation sites is 1. The van der Waals surface area contributed by atoms with Crippen LogP contribution in [-0.4, -0.2) is 15.3 Å². The lowest BCUT2D eigenvalue weighted by Gasteiger charge is -2.10. The highest BCUT2D eigenvalue weighted by atomic mass is 15.0. The van der Waals surface area contributed by atoms with Crippen molar-refractivity contribution in [2.75, 3.05) is 0 Å². The second-order valence-corrected chi connectivity index (χ2v) is 8.90. The molecule has 0 saturated heterocycles. The summed E-state index contributed by atoms with van der Waals surface area (Å²) in [6, 6.07) is 26.2. The Balaban J connectivity index is 1.71. The minimum Gasteiger partial charge on any atom is -0.354 e. The van der Waals surface area contributed by atoms with E-state index in [4.69, 9.17) is 4.99 Å². The maximum Gasteiger partial charge on any atom is 0.0648 e. The molecule has 3 heteroatoms. The van der Waals surface area contributed by atoms with Crippen LogP contribution in [0.4, 0.5) is 0 Å². The average molecular weight is 428 g/mol. The van der Waals surface area contributed by atoms with Crippen molar-refractivity contribution in [2.45, 2.75) is 20.4 Å². The average Bonchev–Trinajstić information content (AvgIpc) is 3.33. The second-order valence-electron chi connectivity index (χ2n) is 8.90.